The molecule has 0 spiro atoms. The first kappa shape index (κ1) is 11.4. The Bertz CT molecular complexity index is 452. The molecule has 78 valence electrons. The van der Waals surface area contributed by atoms with Crippen molar-refractivity contribution in [3.05, 3.63) is 30.3 Å². The zero-order valence-electron chi connectivity index (χ0n) is 7.12. The van der Waals surface area contributed by atoms with Crippen LogP contribution in [0.1, 0.15) is 0 Å². The van der Waals surface area contributed by atoms with Gasteiger partial charge in [0, 0.05) is 0 Å². The zero-order valence-corrected chi connectivity index (χ0v) is 8.83. The molecule has 6 nitrogen and oxygen atoms in total. The highest BCUT2D eigenvalue weighted by Gasteiger charge is 2.21. The summed E-state index contributed by atoms with van der Waals surface area (Å²) >= 11 is 0. The van der Waals surface area contributed by atoms with Crippen molar-refractivity contribution in [1.82, 2.24) is 4.49 Å². The molecule has 0 radical (unpaired) electrons. The summed E-state index contributed by atoms with van der Waals surface area (Å²) in [5.74, 6) is 0. The van der Waals surface area contributed by atoms with Gasteiger partial charge in [-0.3, -0.25) is 15.6 Å². The predicted molar refractivity (Wildman–Crippen MR) is 52.7 cm³/mol. The summed E-state index contributed by atoms with van der Waals surface area (Å²) < 4.78 is 35.4. The van der Waals surface area contributed by atoms with Crippen LogP contribution in [0.15, 0.2) is 35.2 Å². The Balaban J connectivity index is 3.05. The summed E-state index contributed by atoms with van der Waals surface area (Å²) in [7, 11) is -7.67. The molecule has 1 aromatic rings. The molecule has 0 saturated carbocycles. The third-order valence-corrected chi connectivity index (χ3v) is 4.31. The van der Waals surface area contributed by atoms with E-state index >= 15 is 0 Å². The molecule has 0 bridgehead atoms. The molecule has 0 aliphatic rings. The van der Waals surface area contributed by atoms with Crippen molar-refractivity contribution in [1.29, 1.82) is 0 Å². The summed E-state index contributed by atoms with van der Waals surface area (Å²) in [6.45, 7) is 0. The van der Waals surface area contributed by atoms with Crippen LogP contribution < -0.4 is 15.5 Å². The average molecular weight is 235 g/mol. The van der Waals surface area contributed by atoms with Crippen molar-refractivity contribution in [3.8, 4) is 0 Å². The van der Waals surface area contributed by atoms with Gasteiger partial charge < -0.3 is 0 Å². The molecule has 1 rings (SSSR count). The van der Waals surface area contributed by atoms with Gasteiger partial charge in [0.2, 0.25) is 10.0 Å². The van der Waals surface area contributed by atoms with Gasteiger partial charge in [-0.2, -0.15) is 0 Å². The van der Waals surface area contributed by atoms with E-state index < -0.39 is 17.6 Å². The Labute approximate surface area is 81.9 Å². The van der Waals surface area contributed by atoms with Gasteiger partial charge in [0.25, 0.3) is 7.59 Å². The van der Waals surface area contributed by atoms with Crippen molar-refractivity contribution < 1.29 is 13.0 Å². The van der Waals surface area contributed by atoms with Crippen molar-refractivity contribution >= 4 is 17.6 Å². The molecule has 8 heteroatoms. The molecule has 1 aromatic carbocycles. The fourth-order valence-corrected chi connectivity index (χ4v) is 3.28. The third-order valence-electron chi connectivity index (χ3n) is 1.32. The van der Waals surface area contributed by atoms with Gasteiger partial charge in [-0.25, -0.2) is 8.42 Å². The van der Waals surface area contributed by atoms with Gasteiger partial charge >= 0.3 is 0 Å². The Hall–Kier alpha value is -0.720. The van der Waals surface area contributed by atoms with Gasteiger partial charge in [0.1, 0.15) is 0 Å². The summed E-state index contributed by atoms with van der Waals surface area (Å²) in [5.41, 5.74) is 9.80. The van der Waals surface area contributed by atoms with E-state index in [1.807, 2.05) is 0 Å². The molecule has 0 unspecified atom stereocenters. The molecule has 5 N–H and O–H groups in total. The maximum absolute atomic E-state index is 11.4. The van der Waals surface area contributed by atoms with E-state index in [2.05, 4.69) is 0 Å². The molecule has 0 heterocycles. The summed E-state index contributed by atoms with van der Waals surface area (Å²) in [6.07, 6.45) is 0. The molecule has 0 aliphatic heterocycles. The zero-order chi connectivity index (χ0) is 10.8. The standard InChI is InChI=1S/C6H10N3O3PS/c7-13(8,10)9-14(11,12)6-4-2-1-3-5-6/h1-5H,(H5,7,8,9,10). The Morgan fingerprint density at radius 1 is 1.14 bits per heavy atom. The monoisotopic (exact) mass is 235 g/mol. The first-order valence-corrected chi connectivity index (χ1v) is 6.90. The van der Waals surface area contributed by atoms with Crippen LogP contribution >= 0.6 is 7.59 Å². The highest BCUT2D eigenvalue weighted by molar-refractivity contribution is 7.95. The van der Waals surface area contributed by atoms with Crippen molar-refractivity contribution in [3.63, 3.8) is 0 Å². The van der Waals surface area contributed by atoms with Gasteiger partial charge in [-0.05, 0) is 12.1 Å². The molecule has 0 atom stereocenters. The summed E-state index contributed by atoms with van der Waals surface area (Å²) in [5, 5.41) is 0. The van der Waals surface area contributed by atoms with Gasteiger partial charge in [-0.15, -0.1) is 4.49 Å². The smallest absolute Gasteiger partial charge is 0.270 e. The number of sulfonamides is 1. The van der Waals surface area contributed by atoms with Crippen molar-refractivity contribution in [2.24, 2.45) is 11.0 Å². The minimum atomic E-state index is -3.88. The van der Waals surface area contributed by atoms with Crippen LogP contribution in [0.25, 0.3) is 0 Å². The number of benzene rings is 1. The van der Waals surface area contributed by atoms with E-state index in [4.69, 9.17) is 11.0 Å². The van der Waals surface area contributed by atoms with E-state index in [1.54, 1.807) is 10.6 Å². The first-order valence-electron chi connectivity index (χ1n) is 3.57. The third kappa shape index (κ3) is 3.21. The molecule has 0 aliphatic carbocycles. The molecule has 0 fully saturated rings. The van der Waals surface area contributed by atoms with Crippen LogP contribution in [-0.2, 0) is 14.6 Å². The largest absolute Gasteiger partial charge is 0.287 e. The molecule has 0 aromatic heterocycles. The van der Waals surface area contributed by atoms with Crippen LogP contribution in [0.2, 0.25) is 0 Å². The van der Waals surface area contributed by atoms with Crippen LogP contribution in [0, 0.1) is 0 Å². The fraction of sp³-hybridized carbons (Fsp3) is 0. The molecule has 0 amide bonds. The van der Waals surface area contributed by atoms with Crippen LogP contribution in [0.4, 0.5) is 0 Å². The molecular formula is C6H10N3O3PS. The van der Waals surface area contributed by atoms with Crippen LogP contribution in [0.5, 0.6) is 0 Å². The van der Waals surface area contributed by atoms with Gasteiger partial charge in [0.05, 0.1) is 4.90 Å². The number of hydrogen-bond acceptors (Lipinski definition) is 3. The topological polar surface area (TPSA) is 115 Å². The van der Waals surface area contributed by atoms with E-state index in [-0.39, 0.29) is 4.90 Å². The number of hydrogen-bond donors (Lipinski definition) is 3. The Kier molecular flexibility index (Phi) is 3.08. The highest BCUT2D eigenvalue weighted by atomic mass is 32.2. The van der Waals surface area contributed by atoms with E-state index in [0.29, 0.717) is 0 Å². The van der Waals surface area contributed by atoms with E-state index in [9.17, 15) is 13.0 Å². The maximum Gasteiger partial charge on any atom is 0.287 e. The average Bonchev–Trinajstić information content (AvgIpc) is 2.01. The Morgan fingerprint density at radius 2 is 1.64 bits per heavy atom. The predicted octanol–water partition coefficient (Wildman–Crippen LogP) is -0.00960. The lowest BCUT2D eigenvalue weighted by molar-refractivity contribution is 0.567. The second kappa shape index (κ2) is 3.80. The lowest BCUT2D eigenvalue weighted by Crippen LogP contribution is -2.28. The summed E-state index contributed by atoms with van der Waals surface area (Å²) in [4.78, 5) is -0.0314. The highest BCUT2D eigenvalue weighted by Crippen LogP contribution is 2.22. The van der Waals surface area contributed by atoms with Gasteiger partial charge in [0.15, 0.2) is 0 Å². The summed E-state index contributed by atoms with van der Waals surface area (Å²) in [6, 6.07) is 7.42. The maximum atomic E-state index is 11.4. The van der Waals surface area contributed by atoms with Crippen molar-refractivity contribution in [2.75, 3.05) is 0 Å². The number of nitrogens with two attached hydrogens (primary N) is 2. The van der Waals surface area contributed by atoms with Crippen LogP contribution in [0.3, 0.4) is 0 Å². The normalized spacial score (nSPS) is 12.7. The van der Waals surface area contributed by atoms with Crippen LogP contribution in [-0.4, -0.2) is 8.42 Å². The second-order valence-electron chi connectivity index (χ2n) is 2.62. The second-order valence-corrected chi connectivity index (χ2v) is 6.24. The lowest BCUT2D eigenvalue weighted by Gasteiger charge is -2.09. The number of rotatable bonds is 3. The minimum Gasteiger partial charge on any atom is -0.270 e. The van der Waals surface area contributed by atoms with E-state index in [0.717, 1.165) is 0 Å². The quantitative estimate of drug-likeness (QED) is 0.637. The van der Waals surface area contributed by atoms with E-state index in [1.165, 1.54) is 24.3 Å². The molecular weight excluding hydrogens is 225 g/mol. The Morgan fingerprint density at radius 3 is 2.07 bits per heavy atom. The number of nitrogens with one attached hydrogen (secondary N) is 1. The van der Waals surface area contributed by atoms with Crippen molar-refractivity contribution in [2.45, 2.75) is 4.90 Å². The lowest BCUT2D eigenvalue weighted by atomic mass is 10.4. The molecule has 0 saturated heterocycles. The fourth-order valence-electron chi connectivity index (χ4n) is 0.840. The van der Waals surface area contributed by atoms with Gasteiger partial charge in [-0.1, -0.05) is 18.2 Å². The SMILES string of the molecule is NP(N)(=O)NS(=O)(=O)c1ccccc1. The molecule has 14 heavy (non-hydrogen) atoms. The minimum absolute atomic E-state index is 0.0314. The first-order chi connectivity index (χ1) is 6.31.